The molecule has 0 saturated heterocycles. The number of hydrogen-bond acceptors (Lipinski definition) is 4. The molecule has 208 valence electrons. The molecule has 1 saturated carbocycles. The van der Waals surface area contributed by atoms with E-state index >= 15 is 0 Å². The molecule has 0 bridgehead atoms. The van der Waals surface area contributed by atoms with Gasteiger partial charge in [0.2, 0.25) is 0 Å². The molecule has 0 amide bonds. The molecule has 40 heavy (non-hydrogen) atoms. The summed E-state index contributed by atoms with van der Waals surface area (Å²) in [6.07, 6.45) is 13.0. The van der Waals surface area contributed by atoms with Crippen LogP contribution in [0.25, 0.3) is 11.0 Å². The maximum absolute atomic E-state index is 12.6. The Morgan fingerprint density at radius 3 is 2.55 bits per heavy atom. The second-order valence-electron chi connectivity index (χ2n) is 12.0. The Balaban J connectivity index is 0.00000231. The molecule has 1 aliphatic rings. The zero-order chi connectivity index (χ0) is 27.7. The van der Waals surface area contributed by atoms with E-state index in [9.17, 15) is 9.90 Å². The fourth-order valence-corrected chi connectivity index (χ4v) is 6.40. The fourth-order valence-electron chi connectivity index (χ4n) is 6.40. The van der Waals surface area contributed by atoms with E-state index in [1.165, 1.54) is 49.7 Å². The van der Waals surface area contributed by atoms with Gasteiger partial charge in [-0.2, -0.15) is 0 Å². The van der Waals surface area contributed by atoms with Gasteiger partial charge in [-0.05, 0) is 67.5 Å². The molecular weight excluding hydrogens is 509 g/mol. The van der Waals surface area contributed by atoms with Gasteiger partial charge in [-0.25, -0.2) is 9.67 Å². The Hall–Kier alpha value is -2.48. The third-order valence-corrected chi connectivity index (χ3v) is 8.96. The molecule has 0 radical (unpaired) electrons. The minimum Gasteiger partial charge on any atom is -1.00 e. The number of imidazole rings is 1. The van der Waals surface area contributed by atoms with Gasteiger partial charge in [0, 0.05) is 38.3 Å². The van der Waals surface area contributed by atoms with Crippen LogP contribution in [0.2, 0.25) is 0 Å². The summed E-state index contributed by atoms with van der Waals surface area (Å²) in [6.45, 7) is 8.53. The number of hydrogen-bond donors (Lipinski definition) is 1. The molecule has 8 heteroatoms. The number of aryl methyl sites for hydroxylation is 3. The van der Waals surface area contributed by atoms with Crippen molar-refractivity contribution in [1.29, 1.82) is 0 Å². The predicted molar refractivity (Wildman–Crippen MR) is 155 cm³/mol. The zero-order valence-electron chi connectivity index (χ0n) is 25.9. The molecule has 2 aromatic carbocycles. The number of carbonyl (C=O) groups is 1. The van der Waals surface area contributed by atoms with E-state index in [0.29, 0.717) is 5.92 Å². The maximum Gasteiger partial charge on any atom is 1.00 e. The van der Waals surface area contributed by atoms with Crippen LogP contribution in [0.15, 0.2) is 42.7 Å². The van der Waals surface area contributed by atoms with Gasteiger partial charge in [-0.3, -0.25) is 4.79 Å². The fraction of sp³-hybridized carbons (Fsp3) is 0.500. The van der Waals surface area contributed by atoms with Crippen molar-refractivity contribution in [3.8, 4) is 0 Å². The summed E-state index contributed by atoms with van der Waals surface area (Å²) in [5, 5.41) is 18.9. The summed E-state index contributed by atoms with van der Waals surface area (Å²) in [5.41, 5.74) is 6.05. The van der Waals surface area contributed by atoms with E-state index < -0.39 is 11.4 Å². The molecule has 1 N–H and O–H groups in total. The number of benzene rings is 2. The number of nitrogens with zero attached hydrogens (tertiary/aromatic N) is 5. The largest absolute Gasteiger partial charge is 1.00 e. The van der Waals surface area contributed by atoms with Gasteiger partial charge >= 0.3 is 35.5 Å². The third kappa shape index (κ3) is 6.07. The SMILES string of the molecule is Cc1ccc([C@@H](c2ccc3c(nnn3C)c2C)C(C)(C)C(=O)O)cc1Cn1ccnc1CC1CCCCCC1.[H-].[Na+]. The number of aliphatic carboxylic acids is 1. The van der Waals surface area contributed by atoms with Crippen LogP contribution in [-0.2, 0) is 24.8 Å². The van der Waals surface area contributed by atoms with Crippen LogP contribution in [0.3, 0.4) is 0 Å². The normalized spacial score (nSPS) is 15.5. The van der Waals surface area contributed by atoms with Gasteiger partial charge in [0.1, 0.15) is 11.3 Å². The molecule has 1 aliphatic carbocycles. The maximum atomic E-state index is 12.6. The Morgan fingerprint density at radius 2 is 1.85 bits per heavy atom. The van der Waals surface area contributed by atoms with Gasteiger partial charge in [-0.15, -0.1) is 5.10 Å². The van der Waals surface area contributed by atoms with E-state index in [-0.39, 0.29) is 36.9 Å². The first-order chi connectivity index (χ1) is 18.7. The van der Waals surface area contributed by atoms with Crippen LogP contribution in [0.4, 0.5) is 0 Å². The topological polar surface area (TPSA) is 85.8 Å². The molecular formula is C32H42N5NaO2. The van der Waals surface area contributed by atoms with Crippen molar-refractivity contribution in [1.82, 2.24) is 24.5 Å². The molecule has 5 rings (SSSR count). The molecule has 0 spiro atoms. The Labute approximate surface area is 261 Å². The standard InChI is InChI=1S/C32H41N5O2.Na.H/c1-21-12-13-24(19-25(21)20-37-17-16-33-28(37)18-23-10-8-6-7-9-11-23)29(32(3,4)31(38)39)26-14-15-27-30(22(26)2)34-35-36(27)5;;/h12-17,19,23,29H,6-11,18,20H2,1-5H3,(H,38,39);;/q;+1;-1/t29-;;/m0../s1. The van der Waals surface area contributed by atoms with Crippen molar-refractivity contribution in [2.75, 3.05) is 0 Å². The second kappa shape index (κ2) is 12.6. The van der Waals surface area contributed by atoms with E-state index in [2.05, 4.69) is 52.3 Å². The molecule has 4 aromatic rings. The first-order valence-corrected chi connectivity index (χ1v) is 14.3. The molecule has 1 atom stereocenters. The van der Waals surface area contributed by atoms with Crippen molar-refractivity contribution in [3.05, 3.63) is 76.4 Å². The first-order valence-electron chi connectivity index (χ1n) is 14.3. The molecule has 7 nitrogen and oxygen atoms in total. The summed E-state index contributed by atoms with van der Waals surface area (Å²) < 4.78 is 4.04. The molecule has 2 heterocycles. The van der Waals surface area contributed by atoms with Crippen molar-refractivity contribution in [2.24, 2.45) is 18.4 Å². The van der Waals surface area contributed by atoms with Crippen molar-refractivity contribution in [3.63, 3.8) is 0 Å². The van der Waals surface area contributed by atoms with Crippen molar-refractivity contribution in [2.45, 2.75) is 85.1 Å². The van der Waals surface area contributed by atoms with E-state index in [1.54, 1.807) is 4.68 Å². The average molecular weight is 552 g/mol. The summed E-state index contributed by atoms with van der Waals surface area (Å²) in [6, 6.07) is 10.5. The van der Waals surface area contributed by atoms with E-state index in [0.717, 1.165) is 46.5 Å². The minimum absolute atomic E-state index is 0. The van der Waals surface area contributed by atoms with Crippen LogP contribution < -0.4 is 29.6 Å². The summed E-state index contributed by atoms with van der Waals surface area (Å²) in [7, 11) is 1.87. The Morgan fingerprint density at radius 1 is 1.12 bits per heavy atom. The zero-order valence-corrected chi connectivity index (χ0v) is 26.9. The third-order valence-electron chi connectivity index (χ3n) is 8.96. The van der Waals surface area contributed by atoms with Gasteiger partial charge < -0.3 is 11.1 Å². The monoisotopic (exact) mass is 551 g/mol. The number of rotatable bonds is 8. The Bertz CT molecular complexity index is 1490. The van der Waals surface area contributed by atoms with Gasteiger partial charge in [0.05, 0.1) is 10.9 Å². The van der Waals surface area contributed by atoms with Crippen molar-refractivity contribution >= 4 is 17.0 Å². The smallest absolute Gasteiger partial charge is 1.00 e. The van der Waals surface area contributed by atoms with Gasteiger partial charge in [0.15, 0.2) is 0 Å². The quantitative estimate of drug-likeness (QED) is 0.267. The number of carboxylic acid groups (broad SMARTS) is 1. The van der Waals surface area contributed by atoms with Gasteiger partial charge in [0.25, 0.3) is 0 Å². The molecule has 0 aliphatic heterocycles. The number of fused-ring (bicyclic) bond motifs is 1. The molecule has 1 fully saturated rings. The Kier molecular flexibility index (Phi) is 9.59. The minimum atomic E-state index is -1.03. The van der Waals surface area contributed by atoms with E-state index in [4.69, 9.17) is 4.98 Å². The molecule has 0 unspecified atom stereocenters. The van der Waals surface area contributed by atoms with Crippen LogP contribution in [0.5, 0.6) is 0 Å². The average Bonchev–Trinajstić information content (AvgIpc) is 3.40. The molecule has 2 aromatic heterocycles. The van der Waals surface area contributed by atoms with Gasteiger partial charge in [-0.1, -0.05) is 68.0 Å². The number of carboxylic acids is 1. The van der Waals surface area contributed by atoms with Crippen LogP contribution in [-0.4, -0.2) is 35.6 Å². The predicted octanol–water partition coefficient (Wildman–Crippen LogP) is 3.70. The van der Waals surface area contributed by atoms with E-state index in [1.807, 2.05) is 40.1 Å². The first kappa shape index (κ1) is 30.5. The van der Waals surface area contributed by atoms with Crippen molar-refractivity contribution < 1.29 is 40.9 Å². The summed E-state index contributed by atoms with van der Waals surface area (Å²) in [5.74, 6) is 0.682. The van der Waals surface area contributed by atoms with Crippen LogP contribution in [0.1, 0.15) is 93.4 Å². The second-order valence-corrected chi connectivity index (χ2v) is 12.0. The van der Waals surface area contributed by atoms with Crippen LogP contribution >= 0.6 is 0 Å². The number of aromatic nitrogens is 5. The summed E-state index contributed by atoms with van der Waals surface area (Å²) >= 11 is 0. The van der Waals surface area contributed by atoms with Crippen LogP contribution in [0, 0.1) is 25.2 Å². The summed E-state index contributed by atoms with van der Waals surface area (Å²) in [4.78, 5) is 17.4.